The maximum atomic E-state index is 12.8. The van der Waals surface area contributed by atoms with E-state index in [9.17, 15) is 15.0 Å². The van der Waals surface area contributed by atoms with Crippen LogP contribution in [-0.2, 0) is 5.41 Å². The first-order valence-corrected chi connectivity index (χ1v) is 8.13. The van der Waals surface area contributed by atoms with E-state index < -0.39 is 5.97 Å². The molecule has 4 bridgehead atoms. The number of carbonyl (C=O) groups is 1. The van der Waals surface area contributed by atoms with Crippen LogP contribution in [0.5, 0.6) is 11.5 Å². The summed E-state index contributed by atoms with van der Waals surface area (Å²) in [5.41, 5.74) is 0.760. The van der Waals surface area contributed by atoms with E-state index in [2.05, 4.69) is 0 Å². The van der Waals surface area contributed by atoms with Crippen LogP contribution in [0.3, 0.4) is 0 Å². The molecule has 4 nitrogen and oxygen atoms in total. The monoisotopic (exact) mass is 301 g/mol. The van der Waals surface area contributed by atoms with Gasteiger partial charge in [-0.2, -0.15) is 0 Å². The van der Waals surface area contributed by atoms with Gasteiger partial charge in [0.25, 0.3) is 0 Å². The lowest BCUT2D eigenvalue weighted by atomic mass is 9.48. The quantitative estimate of drug-likeness (QED) is 0.932. The van der Waals surface area contributed by atoms with Crippen LogP contribution in [0.4, 0.5) is 0 Å². The average Bonchev–Trinajstić information content (AvgIpc) is 2.45. The molecule has 0 unspecified atom stereocenters. The highest BCUT2D eigenvalue weighted by molar-refractivity contribution is 5.89. The zero-order valence-corrected chi connectivity index (χ0v) is 12.8. The Morgan fingerprint density at radius 2 is 1.73 bits per heavy atom. The lowest BCUT2D eigenvalue weighted by Gasteiger charge is -2.58. The van der Waals surface area contributed by atoms with Crippen molar-refractivity contribution in [2.24, 2.45) is 17.8 Å². The Labute approximate surface area is 130 Å². The molecule has 0 atom stereocenters. The smallest absolute Gasteiger partial charge is 0.335 e. The second-order valence-corrected chi connectivity index (χ2v) is 7.56. The van der Waals surface area contributed by atoms with Gasteiger partial charge in [0.2, 0.25) is 0 Å². The van der Waals surface area contributed by atoms with Crippen LogP contribution in [-0.4, -0.2) is 18.2 Å². The lowest BCUT2D eigenvalue weighted by molar-refractivity contribution is -0.272. The van der Waals surface area contributed by atoms with Crippen LogP contribution in [0.1, 0.15) is 54.4 Å². The number of methoxy groups -OCH3 is 1. The second kappa shape index (κ2) is 4.64. The average molecular weight is 301 g/mol. The van der Waals surface area contributed by atoms with Gasteiger partial charge >= 0.3 is 5.97 Å². The van der Waals surface area contributed by atoms with E-state index in [0.717, 1.165) is 19.3 Å². The summed E-state index contributed by atoms with van der Waals surface area (Å²) in [5, 5.41) is 22.1. The van der Waals surface area contributed by atoms with E-state index in [0.29, 0.717) is 23.3 Å². The van der Waals surface area contributed by atoms with E-state index in [4.69, 9.17) is 4.74 Å². The van der Waals surface area contributed by atoms with Crippen LogP contribution in [0.15, 0.2) is 12.1 Å². The van der Waals surface area contributed by atoms with Gasteiger partial charge in [-0.05, 0) is 79.4 Å². The predicted molar refractivity (Wildman–Crippen MR) is 79.2 cm³/mol. The molecule has 5 rings (SSSR count). The van der Waals surface area contributed by atoms with Gasteiger partial charge in [-0.1, -0.05) is 5.75 Å². The predicted octanol–water partition coefficient (Wildman–Crippen LogP) is 2.93. The Bertz CT molecular complexity index is 599. The first-order valence-electron chi connectivity index (χ1n) is 8.13. The molecule has 4 aliphatic rings. The molecule has 4 saturated carbocycles. The molecular weight excluding hydrogens is 280 g/mol. The first kappa shape index (κ1) is 13.9. The molecule has 22 heavy (non-hydrogen) atoms. The summed E-state index contributed by atoms with van der Waals surface area (Å²) in [4.78, 5) is 11.4. The van der Waals surface area contributed by atoms with Gasteiger partial charge in [0.1, 0.15) is 5.75 Å². The van der Waals surface area contributed by atoms with Gasteiger partial charge in [-0.15, -0.1) is 0 Å². The van der Waals surface area contributed by atoms with Gasteiger partial charge in [-0.25, -0.2) is 4.79 Å². The third-order valence-electron chi connectivity index (χ3n) is 6.13. The normalized spacial score (nSPS) is 35.6. The van der Waals surface area contributed by atoms with E-state index in [1.54, 1.807) is 6.07 Å². The van der Waals surface area contributed by atoms with Crippen LogP contribution in [0.25, 0.3) is 0 Å². The Morgan fingerprint density at radius 1 is 1.18 bits per heavy atom. The Kier molecular flexibility index (Phi) is 2.94. The zero-order valence-electron chi connectivity index (χ0n) is 12.8. The van der Waals surface area contributed by atoms with Crippen molar-refractivity contribution in [1.82, 2.24) is 0 Å². The molecule has 1 aromatic rings. The van der Waals surface area contributed by atoms with Crippen LogP contribution < -0.4 is 9.84 Å². The third kappa shape index (κ3) is 1.93. The number of rotatable bonds is 3. The summed E-state index contributed by atoms with van der Waals surface area (Å²) in [7, 11) is 1.44. The fourth-order valence-corrected chi connectivity index (χ4v) is 5.71. The van der Waals surface area contributed by atoms with Crippen molar-refractivity contribution in [1.29, 1.82) is 0 Å². The lowest BCUT2D eigenvalue weighted by Crippen LogP contribution is -2.48. The fourth-order valence-electron chi connectivity index (χ4n) is 5.71. The van der Waals surface area contributed by atoms with Gasteiger partial charge in [0, 0.05) is 0 Å². The zero-order chi connectivity index (χ0) is 15.5. The Hall–Kier alpha value is -1.71. The van der Waals surface area contributed by atoms with Crippen molar-refractivity contribution in [3.63, 3.8) is 0 Å². The van der Waals surface area contributed by atoms with E-state index in [1.807, 2.05) is 0 Å². The van der Waals surface area contributed by atoms with Gasteiger partial charge < -0.3 is 14.9 Å². The van der Waals surface area contributed by atoms with E-state index in [1.165, 1.54) is 32.4 Å². The minimum atomic E-state index is -0.996. The summed E-state index contributed by atoms with van der Waals surface area (Å²) < 4.78 is 5.16. The molecule has 4 heteroatoms. The Balaban J connectivity index is 1.85. The van der Waals surface area contributed by atoms with E-state index >= 15 is 0 Å². The summed E-state index contributed by atoms with van der Waals surface area (Å²) in [6.07, 6.45) is 7.01. The van der Waals surface area contributed by atoms with Crippen molar-refractivity contribution in [3.05, 3.63) is 23.3 Å². The van der Waals surface area contributed by atoms with Crippen molar-refractivity contribution in [3.8, 4) is 11.5 Å². The van der Waals surface area contributed by atoms with Gasteiger partial charge in [0.15, 0.2) is 0 Å². The minimum Gasteiger partial charge on any atom is -0.870 e. The second-order valence-electron chi connectivity index (χ2n) is 7.56. The number of carboxylic acid groups (broad SMARTS) is 1. The highest BCUT2D eigenvalue weighted by atomic mass is 16.5. The van der Waals surface area contributed by atoms with Crippen LogP contribution in [0.2, 0.25) is 0 Å². The molecule has 0 aromatic heterocycles. The van der Waals surface area contributed by atoms with Crippen molar-refractivity contribution in [2.45, 2.75) is 43.9 Å². The summed E-state index contributed by atoms with van der Waals surface area (Å²) in [6, 6.07) is 2.98. The third-order valence-corrected chi connectivity index (χ3v) is 6.13. The summed E-state index contributed by atoms with van der Waals surface area (Å²) in [5.74, 6) is 1.21. The number of ether oxygens (including phenoxy) is 1. The standard InChI is InChI=1S/C18H22O4/c1-22-15-6-13(17(20)21)5-14(16(15)19)18-7-10-2-11(8-18)4-12(3-10)9-18/h5-6,10-12,19H,2-4,7-9H2,1H3,(H,20,21)/p-1. The molecule has 118 valence electrons. The molecule has 0 radical (unpaired) electrons. The molecule has 4 fully saturated rings. The molecule has 4 aliphatic carbocycles. The number of hydrogen-bond donors (Lipinski definition) is 1. The van der Waals surface area contributed by atoms with Crippen molar-refractivity contribution >= 4 is 5.97 Å². The van der Waals surface area contributed by atoms with Crippen molar-refractivity contribution < 1.29 is 19.7 Å². The molecule has 0 saturated heterocycles. The minimum absolute atomic E-state index is 0.102. The molecule has 1 aromatic carbocycles. The molecule has 0 aliphatic heterocycles. The fraction of sp³-hybridized carbons (Fsp3) is 0.611. The maximum Gasteiger partial charge on any atom is 0.335 e. The van der Waals surface area contributed by atoms with Gasteiger partial charge in [0.05, 0.1) is 12.7 Å². The van der Waals surface area contributed by atoms with Gasteiger partial charge in [-0.3, -0.25) is 0 Å². The van der Waals surface area contributed by atoms with E-state index in [-0.39, 0.29) is 22.5 Å². The SMILES string of the molecule is COc1cc(C(=O)O)cc(C23CC4CC(CC(C4)C2)C3)c1[O-]. The van der Waals surface area contributed by atoms with Crippen LogP contribution >= 0.6 is 0 Å². The summed E-state index contributed by atoms with van der Waals surface area (Å²) >= 11 is 0. The number of aromatic carboxylic acids is 1. The number of benzene rings is 1. The molecular formula is C18H21O4-. The highest BCUT2D eigenvalue weighted by Crippen LogP contribution is 2.62. The summed E-state index contributed by atoms with van der Waals surface area (Å²) in [6.45, 7) is 0. The molecule has 0 amide bonds. The topological polar surface area (TPSA) is 69.6 Å². The molecule has 0 heterocycles. The molecule has 1 N–H and O–H groups in total. The maximum absolute atomic E-state index is 12.8. The highest BCUT2D eigenvalue weighted by Gasteiger charge is 2.51. The number of hydrogen-bond acceptors (Lipinski definition) is 3. The first-order chi connectivity index (χ1) is 10.5. The van der Waals surface area contributed by atoms with Crippen LogP contribution in [0, 0.1) is 17.8 Å². The molecule has 0 spiro atoms. The number of carboxylic acids is 1. The van der Waals surface area contributed by atoms with Crippen molar-refractivity contribution in [2.75, 3.05) is 7.11 Å². The largest absolute Gasteiger partial charge is 0.870 e. The Morgan fingerprint density at radius 3 is 2.18 bits per heavy atom.